The van der Waals surface area contributed by atoms with E-state index in [-0.39, 0.29) is 18.4 Å². The van der Waals surface area contributed by atoms with Gasteiger partial charge in [-0.3, -0.25) is 14.8 Å². The molecule has 0 aliphatic heterocycles. The van der Waals surface area contributed by atoms with Crippen molar-refractivity contribution >= 4 is 5.91 Å². The highest BCUT2D eigenvalue weighted by Crippen LogP contribution is 2.29. The van der Waals surface area contributed by atoms with Crippen molar-refractivity contribution in [2.24, 2.45) is 0 Å². The Labute approximate surface area is 131 Å². The summed E-state index contributed by atoms with van der Waals surface area (Å²) in [7, 11) is 0. The predicted molar refractivity (Wildman–Crippen MR) is 78.5 cm³/mol. The lowest BCUT2D eigenvalue weighted by Crippen LogP contribution is -2.35. The molecule has 1 aromatic carbocycles. The van der Waals surface area contributed by atoms with Gasteiger partial charge in [0.05, 0.1) is 17.7 Å². The summed E-state index contributed by atoms with van der Waals surface area (Å²) in [6, 6.07) is 4.59. The van der Waals surface area contributed by atoms with E-state index in [9.17, 15) is 18.0 Å². The normalized spacial score (nSPS) is 12.7. The quantitative estimate of drug-likeness (QED) is 0.920. The number of aromatic nitrogens is 2. The first-order valence-corrected chi connectivity index (χ1v) is 7.05. The first kappa shape index (κ1) is 16.9. The summed E-state index contributed by atoms with van der Waals surface area (Å²) in [4.78, 5) is 20.0. The number of amides is 1. The fourth-order valence-electron chi connectivity index (χ4n) is 2.17. The Bertz CT molecular complexity index is 659. The van der Waals surface area contributed by atoms with Crippen LogP contribution in [-0.2, 0) is 23.8 Å². The minimum atomic E-state index is -4.41. The van der Waals surface area contributed by atoms with Crippen LogP contribution >= 0.6 is 0 Å². The largest absolute Gasteiger partial charge is 0.416 e. The maximum atomic E-state index is 12.6. The average Bonchev–Trinajstić information content (AvgIpc) is 2.47. The second-order valence-corrected chi connectivity index (χ2v) is 5.24. The van der Waals surface area contributed by atoms with Gasteiger partial charge in [0, 0.05) is 31.1 Å². The van der Waals surface area contributed by atoms with Gasteiger partial charge in [0.2, 0.25) is 5.91 Å². The van der Waals surface area contributed by atoms with Crippen molar-refractivity contribution in [2.45, 2.75) is 32.0 Å². The number of benzene rings is 1. The van der Waals surface area contributed by atoms with Crippen LogP contribution in [0.15, 0.2) is 42.9 Å². The second kappa shape index (κ2) is 7.21. The minimum absolute atomic E-state index is 0.102. The van der Waals surface area contributed by atoms with E-state index in [0.717, 1.165) is 17.8 Å². The van der Waals surface area contributed by atoms with Gasteiger partial charge in [-0.05, 0) is 18.6 Å². The van der Waals surface area contributed by atoms with Crippen molar-refractivity contribution in [1.29, 1.82) is 0 Å². The molecule has 4 nitrogen and oxygen atoms in total. The van der Waals surface area contributed by atoms with Crippen molar-refractivity contribution in [3.8, 4) is 0 Å². The third-order valence-electron chi connectivity index (χ3n) is 3.16. The van der Waals surface area contributed by atoms with Crippen LogP contribution in [0, 0.1) is 0 Å². The number of carbonyl (C=O) groups is 1. The predicted octanol–water partition coefficient (Wildman–Crippen LogP) is 2.79. The standard InChI is InChI=1S/C16H16F3N3O/c1-11(7-14-10-20-5-6-21-14)22-15(23)9-12-3-2-4-13(8-12)16(17,18)19/h2-6,8,10-11H,7,9H2,1H3,(H,22,23)/t11-/m0/s1. The van der Waals surface area contributed by atoms with Crippen molar-refractivity contribution in [2.75, 3.05) is 0 Å². The summed E-state index contributed by atoms with van der Waals surface area (Å²) < 4.78 is 37.9. The summed E-state index contributed by atoms with van der Waals surface area (Å²) >= 11 is 0. The monoisotopic (exact) mass is 323 g/mol. The summed E-state index contributed by atoms with van der Waals surface area (Å²) in [5.74, 6) is -0.333. The van der Waals surface area contributed by atoms with Gasteiger partial charge in [0.15, 0.2) is 0 Å². The fourth-order valence-corrected chi connectivity index (χ4v) is 2.17. The van der Waals surface area contributed by atoms with Crippen molar-refractivity contribution in [3.63, 3.8) is 0 Å². The van der Waals surface area contributed by atoms with E-state index in [0.29, 0.717) is 12.0 Å². The van der Waals surface area contributed by atoms with Crippen LogP contribution in [0.25, 0.3) is 0 Å². The molecule has 23 heavy (non-hydrogen) atoms. The molecule has 2 aromatic rings. The second-order valence-electron chi connectivity index (χ2n) is 5.24. The van der Waals surface area contributed by atoms with Gasteiger partial charge in [-0.15, -0.1) is 0 Å². The molecule has 7 heteroatoms. The number of carbonyl (C=O) groups excluding carboxylic acids is 1. The molecule has 1 amide bonds. The minimum Gasteiger partial charge on any atom is -0.353 e. The first-order chi connectivity index (χ1) is 10.8. The van der Waals surface area contributed by atoms with Gasteiger partial charge < -0.3 is 5.32 Å². The van der Waals surface area contributed by atoms with Crippen molar-refractivity contribution in [3.05, 3.63) is 59.7 Å². The number of alkyl halides is 3. The molecular weight excluding hydrogens is 307 g/mol. The van der Waals surface area contributed by atoms with Crippen LogP contribution in [0.4, 0.5) is 13.2 Å². The van der Waals surface area contributed by atoms with E-state index < -0.39 is 11.7 Å². The van der Waals surface area contributed by atoms with Gasteiger partial charge in [-0.2, -0.15) is 13.2 Å². The van der Waals surface area contributed by atoms with E-state index in [2.05, 4.69) is 15.3 Å². The van der Waals surface area contributed by atoms with Gasteiger partial charge in [0.25, 0.3) is 0 Å². The molecule has 0 radical (unpaired) electrons. The Morgan fingerprint density at radius 2 is 2.09 bits per heavy atom. The lowest BCUT2D eigenvalue weighted by Gasteiger charge is -2.14. The Hall–Kier alpha value is -2.44. The molecule has 0 aliphatic carbocycles. The zero-order valence-corrected chi connectivity index (χ0v) is 12.5. The van der Waals surface area contributed by atoms with Crippen LogP contribution in [-0.4, -0.2) is 21.9 Å². The van der Waals surface area contributed by atoms with Crippen LogP contribution in [0.2, 0.25) is 0 Å². The molecule has 0 saturated heterocycles. The molecule has 0 unspecified atom stereocenters. The molecule has 0 fully saturated rings. The summed E-state index contributed by atoms with van der Waals surface area (Å²) in [5, 5.41) is 2.75. The zero-order valence-electron chi connectivity index (χ0n) is 12.5. The van der Waals surface area contributed by atoms with Crippen LogP contribution in [0.3, 0.4) is 0 Å². The highest BCUT2D eigenvalue weighted by atomic mass is 19.4. The SMILES string of the molecule is C[C@@H](Cc1cnccn1)NC(=O)Cc1cccc(C(F)(F)F)c1. The Morgan fingerprint density at radius 1 is 1.30 bits per heavy atom. The number of hydrogen-bond donors (Lipinski definition) is 1. The van der Waals surface area contributed by atoms with Gasteiger partial charge in [-0.25, -0.2) is 0 Å². The molecule has 0 spiro atoms. The molecule has 1 aromatic heterocycles. The first-order valence-electron chi connectivity index (χ1n) is 7.05. The van der Waals surface area contributed by atoms with Crippen LogP contribution in [0.1, 0.15) is 23.7 Å². The maximum Gasteiger partial charge on any atom is 0.416 e. The molecular formula is C16H16F3N3O. The summed E-state index contributed by atoms with van der Waals surface area (Å²) in [6.07, 6.45) is 0.713. The number of nitrogens with one attached hydrogen (secondary N) is 1. The molecule has 0 bridgehead atoms. The van der Waals surface area contributed by atoms with Crippen LogP contribution in [0.5, 0.6) is 0 Å². The smallest absolute Gasteiger partial charge is 0.353 e. The molecule has 1 atom stereocenters. The van der Waals surface area contributed by atoms with E-state index in [1.807, 2.05) is 0 Å². The van der Waals surface area contributed by atoms with E-state index in [1.165, 1.54) is 12.1 Å². The third-order valence-corrected chi connectivity index (χ3v) is 3.16. The summed E-state index contributed by atoms with van der Waals surface area (Å²) in [6.45, 7) is 1.80. The molecule has 122 valence electrons. The Balaban J connectivity index is 1.92. The Morgan fingerprint density at radius 3 is 2.74 bits per heavy atom. The highest BCUT2D eigenvalue weighted by Gasteiger charge is 2.30. The molecule has 2 rings (SSSR count). The van der Waals surface area contributed by atoms with Crippen molar-refractivity contribution in [1.82, 2.24) is 15.3 Å². The topological polar surface area (TPSA) is 54.9 Å². The molecule has 1 N–H and O–H groups in total. The molecule has 0 aliphatic rings. The van der Waals surface area contributed by atoms with Gasteiger partial charge >= 0.3 is 6.18 Å². The van der Waals surface area contributed by atoms with E-state index >= 15 is 0 Å². The van der Waals surface area contributed by atoms with Gasteiger partial charge in [0.1, 0.15) is 0 Å². The number of hydrogen-bond acceptors (Lipinski definition) is 3. The third kappa shape index (κ3) is 5.36. The summed E-state index contributed by atoms with van der Waals surface area (Å²) in [5.41, 5.74) is 0.304. The average molecular weight is 323 g/mol. The lowest BCUT2D eigenvalue weighted by atomic mass is 10.1. The number of halogens is 3. The maximum absolute atomic E-state index is 12.6. The van der Waals surface area contributed by atoms with E-state index in [1.54, 1.807) is 25.5 Å². The number of rotatable bonds is 5. The number of nitrogens with zero attached hydrogens (tertiary/aromatic N) is 2. The molecule has 1 heterocycles. The Kier molecular flexibility index (Phi) is 5.31. The fraction of sp³-hybridized carbons (Fsp3) is 0.312. The van der Waals surface area contributed by atoms with Crippen molar-refractivity contribution < 1.29 is 18.0 Å². The molecule has 0 saturated carbocycles. The lowest BCUT2D eigenvalue weighted by molar-refractivity contribution is -0.137. The van der Waals surface area contributed by atoms with E-state index in [4.69, 9.17) is 0 Å². The highest BCUT2D eigenvalue weighted by molar-refractivity contribution is 5.78. The van der Waals surface area contributed by atoms with Crippen LogP contribution < -0.4 is 5.32 Å². The zero-order chi connectivity index (χ0) is 16.9. The van der Waals surface area contributed by atoms with Gasteiger partial charge in [-0.1, -0.05) is 18.2 Å².